The molecule has 7 nitrogen and oxygen atoms in total. The van der Waals surface area contributed by atoms with Gasteiger partial charge in [-0.25, -0.2) is 12.7 Å². The summed E-state index contributed by atoms with van der Waals surface area (Å²) in [5, 5.41) is 0. The van der Waals surface area contributed by atoms with Crippen LogP contribution in [-0.2, 0) is 26.2 Å². The number of rotatable bonds is 7. The van der Waals surface area contributed by atoms with E-state index in [1.165, 1.54) is 18.3 Å². The van der Waals surface area contributed by atoms with Crippen molar-refractivity contribution in [2.45, 2.75) is 33.3 Å². The van der Waals surface area contributed by atoms with Crippen LogP contribution in [0.2, 0.25) is 0 Å². The molecule has 1 heterocycles. The minimum Gasteiger partial charge on any atom is -0.496 e. The maximum atomic E-state index is 12.3. The molecule has 26 heavy (non-hydrogen) atoms. The maximum absolute atomic E-state index is 12.3. The molecule has 1 aromatic rings. The van der Waals surface area contributed by atoms with Crippen LogP contribution >= 0.6 is 0 Å². The number of ether oxygens (including phenoxy) is 2. The van der Waals surface area contributed by atoms with Crippen LogP contribution in [0.4, 0.5) is 0 Å². The lowest BCUT2D eigenvalue weighted by Crippen LogP contribution is -2.41. The predicted octanol–water partition coefficient (Wildman–Crippen LogP) is 2.00. The van der Waals surface area contributed by atoms with Crippen LogP contribution in [-0.4, -0.2) is 50.4 Å². The molecule has 0 radical (unpaired) electrons. The third kappa shape index (κ3) is 4.82. The van der Waals surface area contributed by atoms with Gasteiger partial charge in [-0.15, -0.1) is 0 Å². The molecule has 0 N–H and O–H groups in total. The highest BCUT2D eigenvalue weighted by atomic mass is 32.2. The highest BCUT2D eigenvalue weighted by molar-refractivity contribution is 7.89. The third-order valence-corrected chi connectivity index (χ3v) is 6.48. The predicted molar refractivity (Wildman–Crippen MR) is 96.6 cm³/mol. The van der Waals surface area contributed by atoms with Gasteiger partial charge in [0.15, 0.2) is 5.78 Å². The second-order valence-electron chi connectivity index (χ2n) is 6.26. The Morgan fingerprint density at radius 1 is 1.23 bits per heavy atom. The Morgan fingerprint density at radius 2 is 1.88 bits per heavy atom. The summed E-state index contributed by atoms with van der Waals surface area (Å²) in [6.45, 7) is 3.75. The van der Waals surface area contributed by atoms with Gasteiger partial charge < -0.3 is 9.47 Å². The summed E-state index contributed by atoms with van der Waals surface area (Å²) < 4.78 is 35.8. The van der Waals surface area contributed by atoms with Crippen molar-refractivity contribution in [3.8, 4) is 5.75 Å². The average Bonchev–Trinajstić information content (AvgIpc) is 2.65. The second-order valence-corrected chi connectivity index (χ2v) is 8.52. The van der Waals surface area contributed by atoms with Crippen molar-refractivity contribution >= 4 is 21.8 Å². The van der Waals surface area contributed by atoms with Gasteiger partial charge in [0.05, 0.1) is 18.8 Å². The van der Waals surface area contributed by atoms with Gasteiger partial charge in [-0.05, 0) is 44.9 Å². The van der Waals surface area contributed by atoms with Gasteiger partial charge in [0.2, 0.25) is 10.0 Å². The van der Waals surface area contributed by atoms with Crippen LogP contribution in [0.3, 0.4) is 0 Å². The van der Waals surface area contributed by atoms with Gasteiger partial charge in [0, 0.05) is 24.2 Å². The topological polar surface area (TPSA) is 90.0 Å². The molecule has 0 saturated carbocycles. The molecular weight excluding hydrogens is 358 g/mol. The Kier molecular flexibility index (Phi) is 6.77. The fraction of sp³-hybridized carbons (Fsp3) is 0.556. The number of esters is 1. The molecule has 0 amide bonds. The zero-order chi connectivity index (χ0) is 19.3. The first kappa shape index (κ1) is 20.4. The molecule has 1 aromatic carbocycles. The number of methoxy groups -OCH3 is 1. The van der Waals surface area contributed by atoms with E-state index in [0.29, 0.717) is 42.8 Å². The summed E-state index contributed by atoms with van der Waals surface area (Å²) in [6, 6.07) is 5.00. The number of ketones is 1. The van der Waals surface area contributed by atoms with Gasteiger partial charge in [-0.3, -0.25) is 9.59 Å². The van der Waals surface area contributed by atoms with E-state index in [4.69, 9.17) is 9.47 Å². The lowest BCUT2D eigenvalue weighted by Gasteiger charge is -2.29. The molecule has 0 unspecified atom stereocenters. The van der Waals surface area contributed by atoms with Crippen molar-refractivity contribution in [3.63, 3.8) is 0 Å². The fourth-order valence-corrected chi connectivity index (χ4v) is 4.06. The van der Waals surface area contributed by atoms with Gasteiger partial charge in [0.25, 0.3) is 0 Å². The minimum atomic E-state index is -3.21. The van der Waals surface area contributed by atoms with E-state index in [1.54, 1.807) is 25.1 Å². The Hall–Kier alpha value is -1.93. The van der Waals surface area contributed by atoms with Gasteiger partial charge >= 0.3 is 5.97 Å². The largest absolute Gasteiger partial charge is 0.496 e. The molecule has 0 aromatic heterocycles. The number of benzene rings is 1. The Bertz CT molecular complexity index is 766. The molecule has 0 bridgehead atoms. The summed E-state index contributed by atoms with van der Waals surface area (Å²) in [6.07, 6.45) is 0.894. The quantitative estimate of drug-likeness (QED) is 0.528. The van der Waals surface area contributed by atoms with E-state index in [9.17, 15) is 18.0 Å². The van der Waals surface area contributed by atoms with Crippen molar-refractivity contribution in [2.75, 3.05) is 26.0 Å². The first-order valence-corrected chi connectivity index (χ1v) is 10.2. The summed E-state index contributed by atoms with van der Waals surface area (Å²) in [5.74, 6) is -0.139. The third-order valence-electron chi connectivity index (χ3n) is 4.60. The van der Waals surface area contributed by atoms with E-state index in [2.05, 4.69) is 0 Å². The van der Waals surface area contributed by atoms with Crippen molar-refractivity contribution in [2.24, 2.45) is 5.92 Å². The lowest BCUT2D eigenvalue weighted by atomic mass is 9.98. The zero-order valence-electron chi connectivity index (χ0n) is 15.4. The number of sulfonamides is 1. The molecule has 0 aliphatic carbocycles. The summed E-state index contributed by atoms with van der Waals surface area (Å²) in [4.78, 5) is 23.8. The highest BCUT2D eigenvalue weighted by Crippen LogP contribution is 2.24. The SMILES string of the molecule is CCS(=O)(=O)N1CCC(C(=O)OCc2cc(C(C)=O)ccc2OC)CC1. The van der Waals surface area contributed by atoms with E-state index in [0.717, 1.165) is 0 Å². The summed E-state index contributed by atoms with van der Waals surface area (Å²) >= 11 is 0. The highest BCUT2D eigenvalue weighted by Gasteiger charge is 2.31. The van der Waals surface area contributed by atoms with Crippen LogP contribution in [0.1, 0.15) is 42.6 Å². The van der Waals surface area contributed by atoms with E-state index >= 15 is 0 Å². The number of nitrogens with zero attached hydrogens (tertiary/aromatic N) is 1. The van der Waals surface area contributed by atoms with Crippen LogP contribution < -0.4 is 4.74 Å². The monoisotopic (exact) mass is 383 g/mol. The lowest BCUT2D eigenvalue weighted by molar-refractivity contribution is -0.151. The summed E-state index contributed by atoms with van der Waals surface area (Å²) in [5.41, 5.74) is 1.15. The Labute approximate surface area is 154 Å². The molecule has 1 fully saturated rings. The number of hydrogen-bond acceptors (Lipinski definition) is 6. The number of carbonyl (C=O) groups excluding carboxylic acids is 2. The summed E-state index contributed by atoms with van der Waals surface area (Å²) in [7, 11) is -1.70. The van der Waals surface area contributed by atoms with Crippen LogP contribution in [0.5, 0.6) is 5.75 Å². The molecule has 8 heteroatoms. The molecular formula is C18H25NO6S. The number of piperidine rings is 1. The number of carbonyl (C=O) groups is 2. The van der Waals surface area contributed by atoms with Crippen molar-refractivity contribution in [1.82, 2.24) is 4.31 Å². The first-order valence-electron chi connectivity index (χ1n) is 8.60. The fourth-order valence-electron chi connectivity index (χ4n) is 2.93. The van der Waals surface area contributed by atoms with E-state index < -0.39 is 10.0 Å². The zero-order valence-corrected chi connectivity index (χ0v) is 16.2. The average molecular weight is 383 g/mol. The van der Waals surface area contributed by atoms with Crippen LogP contribution in [0.25, 0.3) is 0 Å². The molecule has 1 aliphatic rings. The van der Waals surface area contributed by atoms with Gasteiger partial charge in [-0.1, -0.05) is 0 Å². The number of hydrogen-bond donors (Lipinski definition) is 0. The molecule has 2 rings (SSSR count). The first-order chi connectivity index (χ1) is 12.3. The Morgan fingerprint density at radius 3 is 2.42 bits per heavy atom. The van der Waals surface area contributed by atoms with Crippen LogP contribution in [0, 0.1) is 5.92 Å². The molecule has 1 saturated heterocycles. The number of Topliss-reactive ketones (excluding diaryl/α,β-unsaturated/α-hetero) is 1. The smallest absolute Gasteiger partial charge is 0.309 e. The Balaban J connectivity index is 1.95. The maximum Gasteiger partial charge on any atom is 0.309 e. The second kappa shape index (κ2) is 8.64. The van der Waals surface area contributed by atoms with Crippen molar-refractivity contribution in [3.05, 3.63) is 29.3 Å². The van der Waals surface area contributed by atoms with Crippen molar-refractivity contribution < 1.29 is 27.5 Å². The molecule has 0 spiro atoms. The van der Waals surface area contributed by atoms with Crippen molar-refractivity contribution in [1.29, 1.82) is 0 Å². The van der Waals surface area contributed by atoms with Gasteiger partial charge in [-0.2, -0.15) is 0 Å². The molecule has 144 valence electrons. The standard InChI is InChI=1S/C18H25NO6S/c1-4-26(22,23)19-9-7-14(8-10-19)18(21)25-12-16-11-15(13(2)20)5-6-17(16)24-3/h5-6,11,14H,4,7-10,12H2,1-3H3. The van der Waals surface area contributed by atoms with Crippen LogP contribution in [0.15, 0.2) is 18.2 Å². The molecule has 0 atom stereocenters. The van der Waals surface area contributed by atoms with E-state index in [-0.39, 0.29) is 30.0 Å². The molecule has 1 aliphatic heterocycles. The van der Waals surface area contributed by atoms with Gasteiger partial charge in [0.1, 0.15) is 12.4 Å². The minimum absolute atomic E-state index is 0.0105. The normalized spacial score (nSPS) is 16.3. The van der Waals surface area contributed by atoms with E-state index in [1.807, 2.05) is 0 Å².